The minimum atomic E-state index is -0.276. The maximum Gasteiger partial charge on any atom is 0.164 e. The van der Waals surface area contributed by atoms with Gasteiger partial charge in [-0.3, -0.25) is 5.41 Å². The Labute approximate surface area is 338 Å². The third kappa shape index (κ3) is 6.33. The Kier molecular flexibility index (Phi) is 8.57. The Balaban J connectivity index is 0.997. The number of hydrogen-bond acceptors (Lipinski definition) is 5. The zero-order chi connectivity index (χ0) is 39.2. The highest BCUT2D eigenvalue weighted by atomic mass is 15.0. The molecule has 58 heavy (non-hydrogen) atoms. The molecule has 5 nitrogen and oxygen atoms in total. The number of aromatic nitrogens is 3. The zero-order valence-electron chi connectivity index (χ0n) is 32.2. The maximum atomic E-state index is 9.55. The summed E-state index contributed by atoms with van der Waals surface area (Å²) in [6, 6.07) is 64.8. The van der Waals surface area contributed by atoms with E-state index < -0.39 is 0 Å². The third-order valence-corrected chi connectivity index (χ3v) is 11.3. The molecule has 0 bridgehead atoms. The number of nitrogens with zero attached hydrogens (tertiary/aromatic N) is 3. The largest absolute Gasteiger partial charge is 0.355 e. The van der Waals surface area contributed by atoms with Crippen LogP contribution in [0.1, 0.15) is 36.1 Å². The predicted octanol–water partition coefficient (Wildman–Crippen LogP) is 13.2. The minimum Gasteiger partial charge on any atom is -0.355 e. The standard InChI is InChI=1S/C53H39N5/c1-53(2)46-31-39(36-21-14-22-40(29-36)49(54)45-30-37-19-12-13-20-38(37)33-48(45)55-42-23-10-5-11-24-42)25-27-43(46)44-28-26-41(32-47(44)53)52-57-50(34-15-6-3-7-16-34)56-51(58-52)35-17-8-4-9-18-35/h3-33,54-55H,1-2H3. The molecule has 1 aromatic heterocycles. The molecule has 0 aliphatic heterocycles. The molecule has 9 aromatic rings. The van der Waals surface area contributed by atoms with E-state index in [1.54, 1.807) is 0 Å². The highest BCUT2D eigenvalue weighted by Crippen LogP contribution is 2.50. The molecule has 8 aromatic carbocycles. The van der Waals surface area contributed by atoms with E-state index in [0.29, 0.717) is 23.2 Å². The fourth-order valence-electron chi connectivity index (χ4n) is 8.23. The van der Waals surface area contributed by atoms with Crippen LogP contribution in [0.3, 0.4) is 0 Å². The van der Waals surface area contributed by atoms with Crippen molar-refractivity contribution in [2.45, 2.75) is 19.3 Å². The van der Waals surface area contributed by atoms with Gasteiger partial charge in [-0.15, -0.1) is 0 Å². The molecule has 0 radical (unpaired) electrons. The smallest absolute Gasteiger partial charge is 0.164 e. The van der Waals surface area contributed by atoms with Crippen LogP contribution in [0.15, 0.2) is 188 Å². The Morgan fingerprint density at radius 2 is 0.931 bits per heavy atom. The van der Waals surface area contributed by atoms with Crippen molar-refractivity contribution in [3.05, 3.63) is 210 Å². The van der Waals surface area contributed by atoms with E-state index in [1.165, 1.54) is 22.3 Å². The van der Waals surface area contributed by atoms with E-state index in [1.807, 2.05) is 103 Å². The van der Waals surface area contributed by atoms with Crippen molar-refractivity contribution in [3.63, 3.8) is 0 Å². The number of para-hydroxylation sites is 1. The van der Waals surface area contributed by atoms with Crippen LogP contribution in [-0.2, 0) is 5.41 Å². The summed E-state index contributed by atoms with van der Waals surface area (Å²) in [5, 5.41) is 15.4. The van der Waals surface area contributed by atoms with Gasteiger partial charge in [-0.1, -0.05) is 159 Å². The van der Waals surface area contributed by atoms with Gasteiger partial charge in [0, 0.05) is 44.6 Å². The van der Waals surface area contributed by atoms with Crippen molar-refractivity contribution in [1.29, 1.82) is 5.41 Å². The van der Waals surface area contributed by atoms with Crippen LogP contribution in [0, 0.1) is 5.41 Å². The Hall–Kier alpha value is -7.50. The molecule has 0 unspecified atom stereocenters. The van der Waals surface area contributed by atoms with E-state index >= 15 is 0 Å². The molecule has 10 rings (SSSR count). The molecule has 0 amide bonds. The van der Waals surface area contributed by atoms with Crippen LogP contribution in [-0.4, -0.2) is 20.7 Å². The number of rotatable bonds is 8. The average molecular weight is 746 g/mol. The van der Waals surface area contributed by atoms with Gasteiger partial charge in [0.05, 0.1) is 5.71 Å². The van der Waals surface area contributed by atoms with Gasteiger partial charge in [-0.2, -0.15) is 0 Å². The number of hydrogen-bond donors (Lipinski definition) is 2. The predicted molar refractivity (Wildman–Crippen MR) is 239 cm³/mol. The highest BCUT2D eigenvalue weighted by molar-refractivity contribution is 6.16. The van der Waals surface area contributed by atoms with Gasteiger partial charge in [0.25, 0.3) is 0 Å². The zero-order valence-corrected chi connectivity index (χ0v) is 32.2. The number of anilines is 2. The summed E-state index contributed by atoms with van der Waals surface area (Å²) in [6.07, 6.45) is 0. The first-order valence-electron chi connectivity index (χ1n) is 19.6. The third-order valence-electron chi connectivity index (χ3n) is 11.3. The summed E-state index contributed by atoms with van der Waals surface area (Å²) in [4.78, 5) is 14.9. The van der Waals surface area contributed by atoms with Gasteiger partial charge in [0.15, 0.2) is 17.5 Å². The van der Waals surface area contributed by atoms with Crippen LogP contribution in [0.4, 0.5) is 11.4 Å². The molecule has 1 heterocycles. The second kappa shape index (κ2) is 14.2. The fraction of sp³-hybridized carbons (Fsp3) is 0.0566. The molecule has 276 valence electrons. The lowest BCUT2D eigenvalue weighted by Crippen LogP contribution is -2.15. The van der Waals surface area contributed by atoms with Gasteiger partial charge in [0.2, 0.25) is 0 Å². The minimum absolute atomic E-state index is 0.276. The summed E-state index contributed by atoms with van der Waals surface area (Å²) in [5.41, 5.74) is 13.8. The molecular formula is C53H39N5. The molecule has 2 N–H and O–H groups in total. The summed E-state index contributed by atoms with van der Waals surface area (Å²) in [5.74, 6) is 1.95. The van der Waals surface area contributed by atoms with E-state index in [0.717, 1.165) is 61.1 Å². The SMILES string of the molecule is CC1(C)c2cc(-c3cccc(C(=N)c4cc5ccccc5cc4Nc4ccccc4)c3)ccc2-c2ccc(-c3nc(-c4ccccc4)nc(-c4ccccc4)n3)cc21. The molecule has 0 saturated heterocycles. The molecular weight excluding hydrogens is 707 g/mol. The van der Waals surface area contributed by atoms with Crippen molar-refractivity contribution < 1.29 is 0 Å². The van der Waals surface area contributed by atoms with Crippen LogP contribution in [0.5, 0.6) is 0 Å². The molecule has 0 spiro atoms. The van der Waals surface area contributed by atoms with Crippen LogP contribution < -0.4 is 5.32 Å². The fourth-order valence-corrected chi connectivity index (χ4v) is 8.23. The Morgan fingerprint density at radius 1 is 0.448 bits per heavy atom. The van der Waals surface area contributed by atoms with Gasteiger partial charge in [0.1, 0.15) is 0 Å². The van der Waals surface area contributed by atoms with E-state index in [4.69, 9.17) is 15.0 Å². The van der Waals surface area contributed by atoms with Gasteiger partial charge in [-0.25, -0.2) is 15.0 Å². The first-order valence-corrected chi connectivity index (χ1v) is 19.6. The van der Waals surface area contributed by atoms with Crippen LogP contribution in [0.2, 0.25) is 0 Å². The first kappa shape index (κ1) is 35.0. The summed E-state index contributed by atoms with van der Waals surface area (Å²) in [6.45, 7) is 4.60. The van der Waals surface area contributed by atoms with Crippen molar-refractivity contribution in [1.82, 2.24) is 15.0 Å². The van der Waals surface area contributed by atoms with E-state index in [-0.39, 0.29) is 5.41 Å². The topological polar surface area (TPSA) is 74.6 Å². The lowest BCUT2D eigenvalue weighted by Gasteiger charge is -2.22. The van der Waals surface area contributed by atoms with Crippen molar-refractivity contribution in [2.75, 3.05) is 5.32 Å². The average Bonchev–Trinajstić information content (AvgIpc) is 3.51. The Bertz CT molecular complexity index is 2950. The van der Waals surface area contributed by atoms with E-state index in [9.17, 15) is 5.41 Å². The van der Waals surface area contributed by atoms with Crippen molar-refractivity contribution in [3.8, 4) is 56.4 Å². The highest BCUT2D eigenvalue weighted by Gasteiger charge is 2.36. The first-order chi connectivity index (χ1) is 28.4. The molecule has 1 aliphatic carbocycles. The quantitative estimate of drug-likeness (QED) is 0.152. The number of benzene rings is 8. The lowest BCUT2D eigenvalue weighted by molar-refractivity contribution is 0.661. The second-order valence-corrected chi connectivity index (χ2v) is 15.4. The van der Waals surface area contributed by atoms with Crippen molar-refractivity contribution in [2.24, 2.45) is 0 Å². The Morgan fingerprint density at radius 3 is 1.55 bits per heavy atom. The number of nitrogens with one attached hydrogen (secondary N) is 2. The number of fused-ring (bicyclic) bond motifs is 4. The molecule has 0 atom stereocenters. The van der Waals surface area contributed by atoms with Crippen molar-refractivity contribution >= 4 is 27.9 Å². The summed E-state index contributed by atoms with van der Waals surface area (Å²) >= 11 is 0. The van der Waals surface area contributed by atoms with Crippen LogP contribution >= 0.6 is 0 Å². The summed E-state index contributed by atoms with van der Waals surface area (Å²) < 4.78 is 0. The molecule has 0 saturated carbocycles. The van der Waals surface area contributed by atoms with Gasteiger partial charge in [-0.05, 0) is 86.6 Å². The van der Waals surface area contributed by atoms with Gasteiger partial charge >= 0.3 is 0 Å². The monoisotopic (exact) mass is 745 g/mol. The molecule has 1 aliphatic rings. The normalized spacial score (nSPS) is 12.5. The van der Waals surface area contributed by atoms with Crippen LogP contribution in [0.25, 0.3) is 67.2 Å². The molecule has 0 fully saturated rings. The maximum absolute atomic E-state index is 9.55. The lowest BCUT2D eigenvalue weighted by atomic mass is 9.81. The second-order valence-electron chi connectivity index (χ2n) is 15.4. The van der Waals surface area contributed by atoms with Gasteiger partial charge < -0.3 is 5.32 Å². The van der Waals surface area contributed by atoms with E-state index in [2.05, 4.69) is 104 Å². The molecule has 5 heteroatoms. The summed E-state index contributed by atoms with van der Waals surface area (Å²) in [7, 11) is 0.